The van der Waals surface area contributed by atoms with Crippen molar-refractivity contribution in [1.29, 1.82) is 0 Å². The average molecular weight is 273 g/mol. The first-order valence-corrected chi connectivity index (χ1v) is 6.19. The number of rotatable bonds is 5. The highest BCUT2D eigenvalue weighted by Gasteiger charge is 2.12. The molecule has 2 heterocycles. The monoisotopic (exact) mass is 273 g/mol. The Labute approximate surface area is 116 Å². The van der Waals surface area contributed by atoms with E-state index in [1.54, 1.807) is 6.20 Å². The molecule has 0 fully saturated rings. The molecule has 0 atom stereocenters. The van der Waals surface area contributed by atoms with E-state index in [2.05, 4.69) is 22.2 Å². The molecular weight excluding hydrogens is 258 g/mol. The maximum atomic E-state index is 10.7. The largest absolute Gasteiger partial charge is 0.378 e. The molecule has 0 saturated carbocycles. The molecule has 2 aromatic heterocycles. The van der Waals surface area contributed by atoms with Crippen molar-refractivity contribution < 1.29 is 4.92 Å². The van der Waals surface area contributed by atoms with Crippen molar-refractivity contribution in [2.24, 2.45) is 0 Å². The quantitative estimate of drug-likeness (QED) is 0.638. The Balaban J connectivity index is 2.11. The van der Waals surface area contributed by atoms with Crippen molar-refractivity contribution in [2.75, 3.05) is 11.1 Å². The molecule has 20 heavy (non-hydrogen) atoms. The first kappa shape index (κ1) is 13.7. The van der Waals surface area contributed by atoms with Gasteiger partial charge in [0.05, 0.1) is 17.2 Å². The highest BCUT2D eigenvalue weighted by molar-refractivity contribution is 5.57. The van der Waals surface area contributed by atoms with Crippen LogP contribution < -0.4 is 11.1 Å². The van der Waals surface area contributed by atoms with Crippen LogP contribution in [0.15, 0.2) is 30.5 Å². The Morgan fingerprint density at radius 2 is 2.20 bits per heavy atom. The molecule has 0 amide bonds. The number of nitro groups is 1. The van der Waals surface area contributed by atoms with Gasteiger partial charge in [-0.3, -0.25) is 15.1 Å². The zero-order chi connectivity index (χ0) is 14.5. The number of pyridine rings is 2. The van der Waals surface area contributed by atoms with Crippen LogP contribution in [0, 0.1) is 10.1 Å². The first-order chi connectivity index (χ1) is 9.61. The summed E-state index contributed by atoms with van der Waals surface area (Å²) >= 11 is 0. The van der Waals surface area contributed by atoms with Crippen LogP contribution in [0.5, 0.6) is 0 Å². The summed E-state index contributed by atoms with van der Waals surface area (Å²) in [5.74, 6) is 0.387. The molecule has 0 bridgehead atoms. The Morgan fingerprint density at radius 3 is 2.85 bits per heavy atom. The van der Waals surface area contributed by atoms with Crippen molar-refractivity contribution in [3.05, 3.63) is 51.8 Å². The van der Waals surface area contributed by atoms with Crippen molar-refractivity contribution in [2.45, 2.75) is 19.9 Å². The van der Waals surface area contributed by atoms with Gasteiger partial charge in [0, 0.05) is 12.3 Å². The van der Waals surface area contributed by atoms with E-state index in [0.717, 1.165) is 17.7 Å². The molecule has 3 N–H and O–H groups in total. The highest BCUT2D eigenvalue weighted by Crippen LogP contribution is 2.21. The second-order valence-electron chi connectivity index (χ2n) is 4.17. The number of nitrogens with two attached hydrogens (primary N) is 1. The molecule has 7 nitrogen and oxygen atoms in total. The molecule has 0 aliphatic carbocycles. The summed E-state index contributed by atoms with van der Waals surface area (Å²) in [6.07, 6.45) is 2.62. The number of nitrogen functional groups attached to an aromatic ring is 1. The van der Waals surface area contributed by atoms with Crippen molar-refractivity contribution in [1.82, 2.24) is 9.97 Å². The normalized spacial score (nSPS) is 10.2. The second kappa shape index (κ2) is 5.96. The fourth-order valence-electron chi connectivity index (χ4n) is 1.85. The molecule has 0 aliphatic rings. The van der Waals surface area contributed by atoms with Crippen LogP contribution >= 0.6 is 0 Å². The predicted molar refractivity (Wildman–Crippen MR) is 76.2 cm³/mol. The number of aryl methyl sites for hydroxylation is 1. The summed E-state index contributed by atoms with van der Waals surface area (Å²) < 4.78 is 0. The third-order valence-electron chi connectivity index (χ3n) is 2.90. The number of aromatic nitrogens is 2. The van der Waals surface area contributed by atoms with Crippen molar-refractivity contribution >= 4 is 17.3 Å². The smallest absolute Gasteiger partial charge is 0.311 e. The summed E-state index contributed by atoms with van der Waals surface area (Å²) in [5, 5.41) is 13.7. The summed E-state index contributed by atoms with van der Waals surface area (Å²) in [5.41, 5.74) is 7.42. The van der Waals surface area contributed by atoms with E-state index in [0.29, 0.717) is 12.4 Å². The molecule has 2 aromatic rings. The van der Waals surface area contributed by atoms with Gasteiger partial charge < -0.3 is 11.1 Å². The Morgan fingerprint density at radius 1 is 1.40 bits per heavy atom. The maximum Gasteiger partial charge on any atom is 0.311 e. The zero-order valence-electron chi connectivity index (χ0n) is 11.0. The lowest BCUT2D eigenvalue weighted by Crippen LogP contribution is -2.07. The zero-order valence-corrected chi connectivity index (χ0v) is 11.0. The van der Waals surface area contributed by atoms with E-state index in [1.807, 2.05) is 12.1 Å². The van der Waals surface area contributed by atoms with Gasteiger partial charge in [0.15, 0.2) is 0 Å². The summed E-state index contributed by atoms with van der Waals surface area (Å²) in [4.78, 5) is 18.4. The summed E-state index contributed by atoms with van der Waals surface area (Å²) in [6, 6.07) is 6.78. The maximum absolute atomic E-state index is 10.7. The Kier molecular flexibility index (Phi) is 4.09. The SMILES string of the molecule is CCc1cccnc1CNc1ccc([N+](=O)[O-])c(N)n1. The van der Waals surface area contributed by atoms with E-state index in [4.69, 9.17) is 5.73 Å². The minimum atomic E-state index is -0.556. The molecule has 0 spiro atoms. The minimum Gasteiger partial charge on any atom is -0.378 e. The standard InChI is InChI=1S/C13H15N5O2/c1-2-9-4-3-7-15-10(9)8-16-12-6-5-11(18(19)20)13(14)17-12/h3-7H,2,8H2,1H3,(H3,14,16,17). The second-order valence-corrected chi connectivity index (χ2v) is 4.17. The van der Waals surface area contributed by atoms with Crippen LogP contribution in [0.3, 0.4) is 0 Å². The molecule has 0 aromatic carbocycles. The lowest BCUT2D eigenvalue weighted by molar-refractivity contribution is -0.384. The van der Waals surface area contributed by atoms with E-state index < -0.39 is 4.92 Å². The van der Waals surface area contributed by atoms with Crippen LogP contribution in [-0.2, 0) is 13.0 Å². The third-order valence-corrected chi connectivity index (χ3v) is 2.90. The van der Waals surface area contributed by atoms with Gasteiger partial charge in [-0.2, -0.15) is 0 Å². The fourth-order valence-corrected chi connectivity index (χ4v) is 1.85. The Hall–Kier alpha value is -2.70. The molecule has 104 valence electrons. The van der Waals surface area contributed by atoms with Gasteiger partial charge in [-0.25, -0.2) is 4.98 Å². The summed E-state index contributed by atoms with van der Waals surface area (Å²) in [7, 11) is 0. The van der Waals surface area contributed by atoms with Gasteiger partial charge in [-0.05, 0) is 24.1 Å². The number of hydrogen-bond donors (Lipinski definition) is 2. The van der Waals surface area contributed by atoms with Crippen LogP contribution in [0.1, 0.15) is 18.2 Å². The number of anilines is 2. The average Bonchev–Trinajstić information content (AvgIpc) is 2.45. The van der Waals surface area contributed by atoms with Crippen molar-refractivity contribution in [3.63, 3.8) is 0 Å². The number of nitrogens with zero attached hydrogens (tertiary/aromatic N) is 3. The molecule has 0 aliphatic heterocycles. The van der Waals surface area contributed by atoms with Crippen LogP contribution in [0.2, 0.25) is 0 Å². The minimum absolute atomic E-state index is 0.100. The van der Waals surface area contributed by atoms with Gasteiger partial charge in [0.25, 0.3) is 0 Å². The molecule has 0 saturated heterocycles. The molecular formula is C13H15N5O2. The molecule has 7 heteroatoms. The lowest BCUT2D eigenvalue weighted by Gasteiger charge is -2.09. The van der Waals surface area contributed by atoms with Gasteiger partial charge >= 0.3 is 5.69 Å². The predicted octanol–water partition coefficient (Wildman–Crippen LogP) is 2.14. The molecule has 0 unspecified atom stereocenters. The van der Waals surface area contributed by atoms with Crippen LogP contribution in [0.4, 0.5) is 17.3 Å². The molecule has 2 rings (SSSR count). The van der Waals surface area contributed by atoms with Crippen LogP contribution in [0.25, 0.3) is 0 Å². The topological polar surface area (TPSA) is 107 Å². The Bertz CT molecular complexity index is 630. The fraction of sp³-hybridized carbons (Fsp3) is 0.231. The van der Waals surface area contributed by atoms with Crippen molar-refractivity contribution in [3.8, 4) is 0 Å². The number of hydrogen-bond acceptors (Lipinski definition) is 6. The van der Waals surface area contributed by atoms with Gasteiger partial charge in [-0.15, -0.1) is 0 Å². The lowest BCUT2D eigenvalue weighted by atomic mass is 10.1. The van der Waals surface area contributed by atoms with Gasteiger partial charge in [0.1, 0.15) is 5.82 Å². The van der Waals surface area contributed by atoms with E-state index in [9.17, 15) is 10.1 Å². The van der Waals surface area contributed by atoms with Crippen LogP contribution in [-0.4, -0.2) is 14.9 Å². The third kappa shape index (κ3) is 3.00. The van der Waals surface area contributed by atoms with Gasteiger partial charge in [-0.1, -0.05) is 13.0 Å². The highest BCUT2D eigenvalue weighted by atomic mass is 16.6. The number of nitrogens with one attached hydrogen (secondary N) is 1. The van der Waals surface area contributed by atoms with Gasteiger partial charge in [0.2, 0.25) is 5.82 Å². The van der Waals surface area contributed by atoms with E-state index in [-0.39, 0.29) is 11.5 Å². The summed E-state index contributed by atoms with van der Waals surface area (Å²) in [6.45, 7) is 2.55. The van der Waals surface area contributed by atoms with E-state index >= 15 is 0 Å². The molecule has 0 radical (unpaired) electrons. The first-order valence-electron chi connectivity index (χ1n) is 6.19. The van der Waals surface area contributed by atoms with E-state index in [1.165, 1.54) is 12.1 Å².